The molecule has 1 saturated carbocycles. The first-order chi connectivity index (χ1) is 8.59. The van der Waals surface area contributed by atoms with Gasteiger partial charge in [0, 0.05) is 12.6 Å². The third-order valence-corrected chi connectivity index (χ3v) is 3.90. The van der Waals surface area contributed by atoms with E-state index in [-0.39, 0.29) is 6.04 Å². The molecular formula is C16H25NO. The molecule has 0 aromatic heterocycles. The summed E-state index contributed by atoms with van der Waals surface area (Å²) in [5.41, 5.74) is 1.03. The topological polar surface area (TPSA) is 23.5 Å². The van der Waals surface area contributed by atoms with Gasteiger partial charge in [-0.25, -0.2) is 0 Å². The van der Waals surface area contributed by atoms with E-state index in [0.29, 0.717) is 5.92 Å². The molecule has 2 rings (SSSR count). The minimum atomic E-state index is -0.394. The van der Waals surface area contributed by atoms with Crippen molar-refractivity contribution in [1.29, 1.82) is 0 Å². The number of hydrogen-bond donors (Lipinski definition) is 1. The molecule has 0 amide bonds. The quantitative estimate of drug-likeness (QED) is 0.835. The highest BCUT2D eigenvalue weighted by Crippen LogP contribution is 2.33. The van der Waals surface area contributed by atoms with E-state index in [1.54, 1.807) is 0 Å². The number of aliphatic hydroxyl groups excluding tert-OH is 1. The van der Waals surface area contributed by atoms with Crippen LogP contribution in [-0.4, -0.2) is 29.6 Å². The highest BCUT2D eigenvalue weighted by atomic mass is 16.3. The van der Waals surface area contributed by atoms with Gasteiger partial charge in [-0.1, -0.05) is 44.2 Å². The van der Waals surface area contributed by atoms with Crippen molar-refractivity contribution >= 4 is 0 Å². The Hall–Kier alpha value is -0.860. The number of aliphatic hydroxyl groups is 1. The lowest BCUT2D eigenvalue weighted by atomic mass is 9.92. The van der Waals surface area contributed by atoms with Crippen molar-refractivity contribution in [2.75, 3.05) is 13.6 Å². The molecule has 18 heavy (non-hydrogen) atoms. The van der Waals surface area contributed by atoms with E-state index in [2.05, 4.69) is 25.8 Å². The molecular weight excluding hydrogens is 222 g/mol. The van der Waals surface area contributed by atoms with Gasteiger partial charge in [0.15, 0.2) is 0 Å². The van der Waals surface area contributed by atoms with Crippen LogP contribution in [0.4, 0.5) is 0 Å². The van der Waals surface area contributed by atoms with E-state index in [1.807, 2.05) is 30.3 Å². The third-order valence-electron chi connectivity index (χ3n) is 3.90. The summed E-state index contributed by atoms with van der Waals surface area (Å²) in [4.78, 5) is 2.35. The van der Waals surface area contributed by atoms with Gasteiger partial charge in [-0.3, -0.25) is 4.90 Å². The first-order valence-corrected chi connectivity index (χ1v) is 7.03. The number of nitrogens with zero attached hydrogens (tertiary/aromatic N) is 1. The smallest absolute Gasteiger partial charge is 0.0947 e. The Morgan fingerprint density at radius 3 is 2.33 bits per heavy atom. The summed E-state index contributed by atoms with van der Waals surface area (Å²) in [6, 6.07) is 10.2. The monoisotopic (exact) mass is 247 g/mol. The van der Waals surface area contributed by atoms with E-state index >= 15 is 0 Å². The van der Waals surface area contributed by atoms with Gasteiger partial charge in [0.05, 0.1) is 6.10 Å². The maximum absolute atomic E-state index is 10.6. The standard InChI is InChI=1S/C16H25NO/c1-12(2)15(17(3)11-13-9-10-13)16(18)14-7-5-4-6-8-14/h4-8,12-13,15-16,18H,9-11H2,1-3H3. The lowest BCUT2D eigenvalue weighted by Gasteiger charge is -2.35. The number of hydrogen-bond acceptors (Lipinski definition) is 2. The SMILES string of the molecule is CC(C)C(C(O)c1ccccc1)N(C)CC1CC1. The van der Waals surface area contributed by atoms with Crippen molar-refractivity contribution in [2.45, 2.75) is 38.8 Å². The summed E-state index contributed by atoms with van der Waals surface area (Å²) >= 11 is 0. The molecule has 1 aromatic rings. The maximum atomic E-state index is 10.6. The van der Waals surface area contributed by atoms with Crippen LogP contribution in [0.5, 0.6) is 0 Å². The Balaban J connectivity index is 2.08. The number of likely N-dealkylation sites (N-methyl/N-ethyl adjacent to an activating group) is 1. The van der Waals surface area contributed by atoms with Gasteiger partial charge < -0.3 is 5.11 Å². The largest absolute Gasteiger partial charge is 0.387 e. The van der Waals surface area contributed by atoms with Crippen molar-refractivity contribution in [1.82, 2.24) is 4.90 Å². The molecule has 1 fully saturated rings. The molecule has 2 heteroatoms. The van der Waals surface area contributed by atoms with Gasteiger partial charge in [0.1, 0.15) is 0 Å². The minimum Gasteiger partial charge on any atom is -0.387 e. The van der Waals surface area contributed by atoms with Gasteiger partial charge in [-0.05, 0) is 37.3 Å². The summed E-state index contributed by atoms with van der Waals surface area (Å²) in [7, 11) is 2.15. The second-order valence-electron chi connectivity index (χ2n) is 5.97. The van der Waals surface area contributed by atoms with E-state index < -0.39 is 6.10 Å². The average molecular weight is 247 g/mol. The third kappa shape index (κ3) is 3.33. The van der Waals surface area contributed by atoms with Gasteiger partial charge >= 0.3 is 0 Å². The zero-order valence-corrected chi connectivity index (χ0v) is 11.7. The lowest BCUT2D eigenvalue weighted by Crippen LogP contribution is -2.41. The molecule has 0 radical (unpaired) electrons. The Labute approximate surface area is 111 Å². The summed E-state index contributed by atoms with van der Waals surface area (Å²) in [5, 5.41) is 10.6. The first kappa shape index (κ1) is 13.6. The van der Waals surface area contributed by atoms with Crippen molar-refractivity contribution in [3.05, 3.63) is 35.9 Å². The predicted octanol–water partition coefficient (Wildman–Crippen LogP) is 3.09. The molecule has 1 aliphatic carbocycles. The van der Waals surface area contributed by atoms with E-state index in [9.17, 15) is 5.11 Å². The van der Waals surface area contributed by atoms with Crippen molar-refractivity contribution < 1.29 is 5.11 Å². The fraction of sp³-hybridized carbons (Fsp3) is 0.625. The van der Waals surface area contributed by atoms with Crippen LogP contribution in [0.2, 0.25) is 0 Å². The van der Waals surface area contributed by atoms with Crippen LogP contribution in [0.1, 0.15) is 38.4 Å². The Morgan fingerprint density at radius 1 is 1.22 bits per heavy atom. The van der Waals surface area contributed by atoms with Crippen molar-refractivity contribution in [3.63, 3.8) is 0 Å². The molecule has 0 saturated heterocycles. The lowest BCUT2D eigenvalue weighted by molar-refractivity contribution is 0.0342. The molecule has 2 nitrogen and oxygen atoms in total. The van der Waals surface area contributed by atoms with E-state index in [1.165, 1.54) is 12.8 Å². The van der Waals surface area contributed by atoms with Crippen LogP contribution in [0.25, 0.3) is 0 Å². The molecule has 1 N–H and O–H groups in total. The van der Waals surface area contributed by atoms with Crippen molar-refractivity contribution in [2.24, 2.45) is 11.8 Å². The predicted molar refractivity (Wildman–Crippen MR) is 75.4 cm³/mol. The molecule has 100 valence electrons. The van der Waals surface area contributed by atoms with Crippen LogP contribution < -0.4 is 0 Å². The molecule has 2 atom stereocenters. The van der Waals surface area contributed by atoms with Crippen LogP contribution in [0.15, 0.2) is 30.3 Å². The van der Waals surface area contributed by atoms with Crippen LogP contribution in [0, 0.1) is 11.8 Å². The molecule has 0 heterocycles. The molecule has 0 aliphatic heterocycles. The van der Waals surface area contributed by atoms with E-state index in [4.69, 9.17) is 0 Å². The fourth-order valence-corrected chi connectivity index (χ4v) is 2.79. The Morgan fingerprint density at radius 2 is 1.83 bits per heavy atom. The molecule has 1 aliphatic rings. The summed E-state index contributed by atoms with van der Waals surface area (Å²) in [6.45, 7) is 5.51. The maximum Gasteiger partial charge on any atom is 0.0947 e. The number of rotatable bonds is 6. The highest BCUT2D eigenvalue weighted by molar-refractivity contribution is 5.19. The zero-order valence-electron chi connectivity index (χ0n) is 11.7. The second kappa shape index (κ2) is 5.85. The van der Waals surface area contributed by atoms with Gasteiger partial charge in [0.25, 0.3) is 0 Å². The van der Waals surface area contributed by atoms with Crippen LogP contribution in [-0.2, 0) is 0 Å². The van der Waals surface area contributed by atoms with Gasteiger partial charge in [-0.15, -0.1) is 0 Å². The molecule has 2 unspecified atom stereocenters. The molecule has 1 aromatic carbocycles. The summed E-state index contributed by atoms with van der Waals surface area (Å²) in [5.74, 6) is 1.31. The van der Waals surface area contributed by atoms with Crippen LogP contribution >= 0.6 is 0 Å². The van der Waals surface area contributed by atoms with E-state index in [0.717, 1.165) is 18.0 Å². The average Bonchev–Trinajstić information content (AvgIpc) is 3.13. The van der Waals surface area contributed by atoms with Gasteiger partial charge in [-0.2, -0.15) is 0 Å². The van der Waals surface area contributed by atoms with Gasteiger partial charge in [0.2, 0.25) is 0 Å². The minimum absolute atomic E-state index is 0.202. The van der Waals surface area contributed by atoms with Crippen LogP contribution in [0.3, 0.4) is 0 Å². The normalized spacial score (nSPS) is 19.2. The summed E-state index contributed by atoms with van der Waals surface area (Å²) in [6.07, 6.45) is 2.32. The molecule has 0 spiro atoms. The number of benzene rings is 1. The highest BCUT2D eigenvalue weighted by Gasteiger charge is 2.31. The zero-order chi connectivity index (χ0) is 13.1. The second-order valence-corrected chi connectivity index (χ2v) is 5.97. The Kier molecular flexibility index (Phi) is 4.41. The molecule has 0 bridgehead atoms. The summed E-state index contributed by atoms with van der Waals surface area (Å²) < 4.78 is 0. The van der Waals surface area contributed by atoms with Crippen molar-refractivity contribution in [3.8, 4) is 0 Å². The Bertz CT molecular complexity index is 359. The first-order valence-electron chi connectivity index (χ1n) is 7.03. The fourth-order valence-electron chi connectivity index (χ4n) is 2.79.